The molecule has 1 aromatic carbocycles. The third-order valence-electron chi connectivity index (χ3n) is 4.49. The van der Waals surface area contributed by atoms with E-state index >= 15 is 0 Å². The number of nitrogens with zero attached hydrogens (tertiary/aromatic N) is 2. The van der Waals surface area contributed by atoms with E-state index in [1.807, 2.05) is 47.2 Å². The van der Waals surface area contributed by atoms with Crippen molar-refractivity contribution in [2.45, 2.75) is 38.8 Å². The maximum Gasteiger partial charge on any atom is 0.251 e. The van der Waals surface area contributed by atoms with Crippen LogP contribution in [0.4, 0.5) is 0 Å². The number of carbonyl (C=O) groups is 2. The number of amides is 2. The summed E-state index contributed by atoms with van der Waals surface area (Å²) in [4.78, 5) is 28.4. The van der Waals surface area contributed by atoms with E-state index in [1.165, 1.54) is 0 Å². The molecular weight excluding hydrogens is 290 g/mol. The van der Waals surface area contributed by atoms with Gasteiger partial charge in [0.2, 0.25) is 5.91 Å². The highest BCUT2D eigenvalue weighted by molar-refractivity contribution is 5.94. The van der Waals surface area contributed by atoms with Gasteiger partial charge in [-0.05, 0) is 45.9 Å². The summed E-state index contributed by atoms with van der Waals surface area (Å²) in [7, 11) is 1.97. The van der Waals surface area contributed by atoms with Crippen molar-refractivity contribution in [1.29, 1.82) is 0 Å². The fourth-order valence-electron chi connectivity index (χ4n) is 2.63. The van der Waals surface area contributed by atoms with E-state index in [4.69, 9.17) is 0 Å². The zero-order valence-corrected chi connectivity index (χ0v) is 14.3. The molecule has 0 aromatic heterocycles. The third-order valence-corrected chi connectivity index (χ3v) is 4.49. The summed E-state index contributed by atoms with van der Waals surface area (Å²) in [5.41, 5.74) is 0.685. The van der Waals surface area contributed by atoms with Crippen LogP contribution in [0.15, 0.2) is 30.3 Å². The molecule has 1 fully saturated rings. The van der Waals surface area contributed by atoms with Crippen molar-refractivity contribution in [2.75, 3.05) is 26.7 Å². The summed E-state index contributed by atoms with van der Waals surface area (Å²) < 4.78 is 0. The number of hydrogen-bond acceptors (Lipinski definition) is 3. The first kappa shape index (κ1) is 17.5. The Labute approximate surface area is 138 Å². The molecule has 1 aliphatic rings. The van der Waals surface area contributed by atoms with Crippen molar-refractivity contribution in [3.05, 3.63) is 35.9 Å². The predicted molar refractivity (Wildman–Crippen MR) is 91.3 cm³/mol. The molecule has 1 aromatic rings. The maximum atomic E-state index is 12.3. The van der Waals surface area contributed by atoms with Gasteiger partial charge in [0.1, 0.15) is 0 Å². The molecule has 1 N–H and O–H groups in total. The van der Waals surface area contributed by atoms with Crippen LogP contribution in [0.2, 0.25) is 0 Å². The summed E-state index contributed by atoms with van der Waals surface area (Å²) in [5, 5.41) is 3.07. The van der Waals surface area contributed by atoms with Crippen LogP contribution in [0.25, 0.3) is 0 Å². The van der Waals surface area contributed by atoms with E-state index in [1.54, 1.807) is 0 Å². The first-order valence-electron chi connectivity index (χ1n) is 8.31. The van der Waals surface area contributed by atoms with Gasteiger partial charge in [-0.1, -0.05) is 18.2 Å². The highest BCUT2D eigenvalue weighted by Gasteiger charge is 2.24. The lowest BCUT2D eigenvalue weighted by Crippen LogP contribution is -2.49. The number of benzene rings is 1. The van der Waals surface area contributed by atoms with Gasteiger partial charge in [0.25, 0.3) is 5.91 Å². The fraction of sp³-hybridized carbons (Fsp3) is 0.556. The summed E-state index contributed by atoms with van der Waals surface area (Å²) in [6, 6.07) is 9.76. The summed E-state index contributed by atoms with van der Waals surface area (Å²) in [5.74, 6) is 0.143. The van der Waals surface area contributed by atoms with Gasteiger partial charge in [-0.2, -0.15) is 0 Å². The molecule has 1 heterocycles. The fourth-order valence-corrected chi connectivity index (χ4v) is 2.63. The number of rotatable bonds is 5. The SMILES string of the molecule is CC(C)N(C)CC(=O)N1CCC(NC(=O)c2ccccc2)CC1. The van der Waals surface area contributed by atoms with E-state index in [9.17, 15) is 9.59 Å². The first-order chi connectivity index (χ1) is 11.0. The van der Waals surface area contributed by atoms with E-state index in [-0.39, 0.29) is 17.9 Å². The molecule has 23 heavy (non-hydrogen) atoms. The van der Waals surface area contributed by atoms with Gasteiger partial charge < -0.3 is 10.2 Å². The van der Waals surface area contributed by atoms with Crippen LogP contribution in [0.3, 0.4) is 0 Å². The van der Waals surface area contributed by atoms with Crippen LogP contribution in [0.5, 0.6) is 0 Å². The summed E-state index contributed by atoms with van der Waals surface area (Å²) in [6.45, 7) is 6.05. The highest BCUT2D eigenvalue weighted by Crippen LogP contribution is 2.12. The van der Waals surface area contributed by atoms with Crippen molar-refractivity contribution < 1.29 is 9.59 Å². The number of carbonyl (C=O) groups excluding carboxylic acids is 2. The predicted octanol–water partition coefficient (Wildman–Crippen LogP) is 1.75. The molecule has 0 unspecified atom stereocenters. The number of piperidine rings is 1. The van der Waals surface area contributed by atoms with E-state index in [0.29, 0.717) is 31.2 Å². The van der Waals surface area contributed by atoms with E-state index in [2.05, 4.69) is 19.2 Å². The molecule has 0 spiro atoms. The standard InChI is InChI=1S/C18H27N3O2/c1-14(2)20(3)13-17(22)21-11-9-16(10-12-21)19-18(23)15-7-5-4-6-8-15/h4-8,14,16H,9-13H2,1-3H3,(H,19,23). The van der Waals surface area contributed by atoms with Gasteiger partial charge >= 0.3 is 0 Å². The largest absolute Gasteiger partial charge is 0.349 e. The van der Waals surface area contributed by atoms with Gasteiger partial charge in [-0.3, -0.25) is 14.5 Å². The van der Waals surface area contributed by atoms with Crippen LogP contribution in [-0.2, 0) is 4.79 Å². The minimum absolute atomic E-state index is 0.0325. The molecule has 0 aliphatic carbocycles. The van der Waals surface area contributed by atoms with Crippen LogP contribution in [0.1, 0.15) is 37.0 Å². The van der Waals surface area contributed by atoms with Gasteiger partial charge in [0, 0.05) is 30.7 Å². The molecule has 0 bridgehead atoms. The van der Waals surface area contributed by atoms with Crippen LogP contribution < -0.4 is 5.32 Å². The first-order valence-corrected chi connectivity index (χ1v) is 8.31. The lowest BCUT2D eigenvalue weighted by Gasteiger charge is -2.34. The molecule has 2 rings (SSSR count). The highest BCUT2D eigenvalue weighted by atomic mass is 16.2. The van der Waals surface area contributed by atoms with Crippen molar-refractivity contribution in [3.8, 4) is 0 Å². The monoisotopic (exact) mass is 317 g/mol. The second-order valence-electron chi connectivity index (χ2n) is 6.50. The van der Waals surface area contributed by atoms with Crippen molar-refractivity contribution in [2.24, 2.45) is 0 Å². The average molecular weight is 317 g/mol. The number of hydrogen-bond donors (Lipinski definition) is 1. The molecule has 0 radical (unpaired) electrons. The zero-order valence-electron chi connectivity index (χ0n) is 14.3. The van der Waals surface area contributed by atoms with Gasteiger partial charge in [0.05, 0.1) is 6.54 Å². The second kappa shape index (κ2) is 8.11. The van der Waals surface area contributed by atoms with Crippen LogP contribution in [-0.4, -0.2) is 60.4 Å². The molecule has 1 aliphatic heterocycles. The van der Waals surface area contributed by atoms with Gasteiger partial charge in [-0.15, -0.1) is 0 Å². The molecule has 2 amide bonds. The molecule has 5 heteroatoms. The zero-order chi connectivity index (χ0) is 16.8. The Balaban J connectivity index is 1.78. The Hall–Kier alpha value is -1.88. The van der Waals surface area contributed by atoms with Crippen molar-refractivity contribution >= 4 is 11.8 Å². The van der Waals surface area contributed by atoms with Gasteiger partial charge in [-0.25, -0.2) is 0 Å². The molecule has 1 saturated heterocycles. The minimum atomic E-state index is -0.0325. The molecular formula is C18H27N3O2. The van der Waals surface area contributed by atoms with Crippen molar-refractivity contribution in [1.82, 2.24) is 15.1 Å². The molecule has 0 saturated carbocycles. The Morgan fingerprint density at radius 1 is 1.22 bits per heavy atom. The molecule has 0 atom stereocenters. The normalized spacial score (nSPS) is 16.0. The third kappa shape index (κ3) is 5.06. The van der Waals surface area contributed by atoms with Gasteiger partial charge in [0.15, 0.2) is 0 Å². The van der Waals surface area contributed by atoms with Crippen molar-refractivity contribution in [3.63, 3.8) is 0 Å². The second-order valence-corrected chi connectivity index (χ2v) is 6.50. The maximum absolute atomic E-state index is 12.3. The minimum Gasteiger partial charge on any atom is -0.349 e. The van der Waals surface area contributed by atoms with E-state index in [0.717, 1.165) is 12.8 Å². The topological polar surface area (TPSA) is 52.7 Å². The Morgan fingerprint density at radius 2 is 1.83 bits per heavy atom. The summed E-state index contributed by atoms with van der Waals surface area (Å²) in [6.07, 6.45) is 1.63. The Bertz CT molecular complexity index is 522. The lowest BCUT2D eigenvalue weighted by molar-refractivity contribution is -0.133. The lowest BCUT2D eigenvalue weighted by atomic mass is 10.0. The Kier molecular flexibility index (Phi) is 6.16. The Morgan fingerprint density at radius 3 is 2.39 bits per heavy atom. The molecule has 126 valence electrons. The smallest absolute Gasteiger partial charge is 0.251 e. The number of likely N-dealkylation sites (N-methyl/N-ethyl adjacent to an activating group) is 1. The quantitative estimate of drug-likeness (QED) is 0.900. The average Bonchev–Trinajstić information content (AvgIpc) is 2.56. The number of likely N-dealkylation sites (tertiary alicyclic amines) is 1. The van der Waals surface area contributed by atoms with E-state index < -0.39 is 0 Å². The number of nitrogens with one attached hydrogen (secondary N) is 1. The van der Waals surface area contributed by atoms with Crippen LogP contribution in [0, 0.1) is 0 Å². The van der Waals surface area contributed by atoms with Crippen LogP contribution >= 0.6 is 0 Å². The molecule has 5 nitrogen and oxygen atoms in total. The summed E-state index contributed by atoms with van der Waals surface area (Å²) >= 11 is 0.